The van der Waals surface area contributed by atoms with Gasteiger partial charge in [-0.15, -0.1) is 0 Å². The number of aryl methyl sites for hydroxylation is 1. The predicted octanol–water partition coefficient (Wildman–Crippen LogP) is 2.84. The van der Waals surface area contributed by atoms with Crippen molar-refractivity contribution in [3.63, 3.8) is 0 Å². The van der Waals surface area contributed by atoms with Crippen LogP contribution >= 0.6 is 0 Å². The lowest BCUT2D eigenvalue weighted by molar-refractivity contribution is -0.121. The van der Waals surface area contributed by atoms with Gasteiger partial charge in [0.15, 0.2) is 0 Å². The summed E-state index contributed by atoms with van der Waals surface area (Å²) in [5.74, 6) is 0.113. The summed E-state index contributed by atoms with van der Waals surface area (Å²) < 4.78 is 34.1. The van der Waals surface area contributed by atoms with Crippen molar-refractivity contribution < 1.29 is 17.9 Å². The van der Waals surface area contributed by atoms with E-state index in [4.69, 9.17) is 4.74 Å². The number of nitrogens with one attached hydrogen (secondary N) is 2. The highest BCUT2D eigenvalue weighted by Crippen LogP contribution is 2.51. The van der Waals surface area contributed by atoms with Crippen molar-refractivity contribution in [1.82, 2.24) is 19.9 Å². The van der Waals surface area contributed by atoms with Crippen LogP contribution in [-0.4, -0.2) is 36.1 Å². The van der Waals surface area contributed by atoms with Crippen LogP contribution in [0.5, 0.6) is 5.88 Å². The monoisotopic (exact) mass is 428 g/mol. The molecular weight excluding hydrogens is 404 g/mol. The summed E-state index contributed by atoms with van der Waals surface area (Å²) in [4.78, 5) is 17.6. The van der Waals surface area contributed by atoms with Crippen LogP contribution in [0.25, 0.3) is 10.9 Å². The molecule has 0 unspecified atom stereocenters. The lowest BCUT2D eigenvalue weighted by atomic mass is 9.95. The first kappa shape index (κ1) is 20.3. The Kier molecular flexibility index (Phi) is 5.01. The van der Waals surface area contributed by atoms with E-state index in [0.717, 1.165) is 5.56 Å². The number of aromatic nitrogens is 3. The van der Waals surface area contributed by atoms with E-state index in [9.17, 15) is 13.2 Å². The number of benzene rings is 1. The highest BCUT2D eigenvalue weighted by atomic mass is 32.2. The fourth-order valence-electron chi connectivity index (χ4n) is 3.45. The Bertz CT molecular complexity index is 1210. The number of ether oxygens (including phenoxy) is 1. The Balaban J connectivity index is 1.66. The van der Waals surface area contributed by atoms with Gasteiger partial charge in [-0.05, 0) is 49.4 Å². The molecule has 158 valence electrons. The molecule has 1 fully saturated rings. The van der Waals surface area contributed by atoms with Crippen molar-refractivity contribution in [3.8, 4) is 5.88 Å². The molecule has 2 heterocycles. The van der Waals surface area contributed by atoms with Crippen molar-refractivity contribution in [2.75, 3.05) is 6.61 Å². The van der Waals surface area contributed by atoms with Crippen LogP contribution in [0.2, 0.25) is 0 Å². The highest BCUT2D eigenvalue weighted by molar-refractivity contribution is 7.90. The zero-order valence-corrected chi connectivity index (χ0v) is 17.9. The molecule has 0 atom stereocenters. The van der Waals surface area contributed by atoms with Gasteiger partial charge in [0, 0.05) is 17.1 Å². The molecule has 0 bridgehead atoms. The maximum absolute atomic E-state index is 13.2. The number of sulfonamides is 1. The first-order chi connectivity index (χ1) is 14.2. The molecule has 1 aliphatic rings. The zero-order valence-electron chi connectivity index (χ0n) is 17.1. The number of amides is 1. The van der Waals surface area contributed by atoms with E-state index >= 15 is 0 Å². The van der Waals surface area contributed by atoms with E-state index in [1.165, 1.54) is 12.3 Å². The topological polar surface area (TPSA) is 114 Å². The zero-order chi connectivity index (χ0) is 21.5. The van der Waals surface area contributed by atoms with Crippen molar-refractivity contribution in [1.29, 1.82) is 0 Å². The molecule has 3 aromatic rings. The molecule has 2 aromatic heterocycles. The van der Waals surface area contributed by atoms with Gasteiger partial charge in [-0.2, -0.15) is 5.10 Å². The molecule has 1 saturated carbocycles. The lowest BCUT2D eigenvalue weighted by Gasteiger charge is -2.20. The van der Waals surface area contributed by atoms with E-state index in [1.54, 1.807) is 18.3 Å². The summed E-state index contributed by atoms with van der Waals surface area (Å²) in [7, 11) is -4.08. The van der Waals surface area contributed by atoms with E-state index in [0.29, 0.717) is 47.7 Å². The molecule has 0 spiro atoms. The SMILES string of the molecule is Cc1cnc(OCC(C)C)c(C2(C(=O)NS(=O)(=O)c3cccc4[nH]ncc34)CC2)c1. The van der Waals surface area contributed by atoms with Gasteiger partial charge >= 0.3 is 0 Å². The minimum atomic E-state index is -4.08. The van der Waals surface area contributed by atoms with Crippen molar-refractivity contribution in [2.45, 2.75) is 43.9 Å². The van der Waals surface area contributed by atoms with E-state index in [-0.39, 0.29) is 4.90 Å². The fraction of sp³-hybridized carbons (Fsp3) is 0.381. The Morgan fingerprint density at radius 3 is 2.77 bits per heavy atom. The second-order valence-electron chi connectivity index (χ2n) is 8.17. The molecule has 0 saturated heterocycles. The van der Waals surface area contributed by atoms with E-state index in [2.05, 4.69) is 19.9 Å². The second-order valence-corrected chi connectivity index (χ2v) is 9.83. The van der Waals surface area contributed by atoms with Crippen LogP contribution in [-0.2, 0) is 20.2 Å². The van der Waals surface area contributed by atoms with E-state index in [1.807, 2.05) is 26.8 Å². The van der Waals surface area contributed by atoms with Gasteiger partial charge in [0.1, 0.15) is 0 Å². The summed E-state index contributed by atoms with van der Waals surface area (Å²) in [6.07, 6.45) is 4.19. The van der Waals surface area contributed by atoms with Crippen molar-refractivity contribution in [2.24, 2.45) is 5.92 Å². The van der Waals surface area contributed by atoms with Gasteiger partial charge in [0.05, 0.1) is 28.6 Å². The largest absolute Gasteiger partial charge is 0.477 e. The Morgan fingerprint density at radius 2 is 2.07 bits per heavy atom. The summed E-state index contributed by atoms with van der Waals surface area (Å²) in [5.41, 5.74) is 1.14. The number of nitrogens with zero attached hydrogens (tertiary/aromatic N) is 2. The van der Waals surface area contributed by atoms with Gasteiger partial charge in [-0.1, -0.05) is 19.9 Å². The van der Waals surface area contributed by atoms with Gasteiger partial charge in [0.25, 0.3) is 10.0 Å². The third kappa shape index (κ3) is 3.65. The highest BCUT2D eigenvalue weighted by Gasteiger charge is 2.54. The van der Waals surface area contributed by atoms with Crippen LogP contribution in [0.1, 0.15) is 37.8 Å². The van der Waals surface area contributed by atoms with Gasteiger partial charge in [-0.25, -0.2) is 18.1 Å². The molecule has 9 heteroatoms. The number of aromatic amines is 1. The molecular formula is C21H24N4O4S. The molecule has 4 rings (SSSR count). The number of hydrogen-bond acceptors (Lipinski definition) is 6. The average Bonchev–Trinajstić information content (AvgIpc) is 3.36. The van der Waals surface area contributed by atoms with Crippen LogP contribution in [0.3, 0.4) is 0 Å². The molecule has 1 aromatic carbocycles. The minimum Gasteiger partial charge on any atom is -0.477 e. The number of fused-ring (bicyclic) bond motifs is 1. The molecule has 2 N–H and O–H groups in total. The molecule has 1 aliphatic carbocycles. The summed E-state index contributed by atoms with van der Waals surface area (Å²) in [5, 5.41) is 7.06. The third-order valence-electron chi connectivity index (χ3n) is 5.20. The Hall–Kier alpha value is -2.94. The third-order valence-corrected chi connectivity index (χ3v) is 6.59. The van der Waals surface area contributed by atoms with Crippen LogP contribution in [0, 0.1) is 12.8 Å². The normalized spacial score (nSPS) is 15.3. The maximum atomic E-state index is 13.2. The first-order valence-electron chi connectivity index (χ1n) is 9.82. The number of carbonyl (C=O) groups is 1. The first-order valence-corrected chi connectivity index (χ1v) is 11.3. The predicted molar refractivity (Wildman–Crippen MR) is 112 cm³/mol. The quantitative estimate of drug-likeness (QED) is 0.598. The summed E-state index contributed by atoms with van der Waals surface area (Å²) in [6, 6.07) is 6.65. The average molecular weight is 429 g/mol. The molecule has 30 heavy (non-hydrogen) atoms. The number of rotatable bonds is 7. The summed E-state index contributed by atoms with van der Waals surface area (Å²) >= 11 is 0. The fourth-order valence-corrected chi connectivity index (χ4v) is 4.71. The lowest BCUT2D eigenvalue weighted by Crippen LogP contribution is -2.39. The van der Waals surface area contributed by atoms with Crippen molar-refractivity contribution in [3.05, 3.63) is 47.8 Å². The molecule has 1 amide bonds. The Morgan fingerprint density at radius 1 is 1.30 bits per heavy atom. The molecule has 8 nitrogen and oxygen atoms in total. The van der Waals surface area contributed by atoms with Crippen LogP contribution in [0.15, 0.2) is 41.6 Å². The Labute approximate surface area is 175 Å². The van der Waals surface area contributed by atoms with Gasteiger partial charge < -0.3 is 4.74 Å². The van der Waals surface area contributed by atoms with Crippen LogP contribution in [0.4, 0.5) is 0 Å². The molecule has 0 aliphatic heterocycles. The number of hydrogen-bond donors (Lipinski definition) is 2. The number of pyridine rings is 1. The minimum absolute atomic E-state index is 0.0107. The standard InChI is InChI=1S/C21H24N4O4S/c1-13(2)12-29-19-16(9-14(3)10-22-19)21(7-8-21)20(26)25-30(27,28)18-6-4-5-17-15(18)11-23-24-17/h4-6,9-11,13H,7-8,12H2,1-3H3,(H,23,24)(H,25,26). The van der Waals surface area contributed by atoms with E-state index < -0.39 is 21.3 Å². The number of carbonyl (C=O) groups excluding carboxylic acids is 1. The van der Waals surface area contributed by atoms with Crippen LogP contribution < -0.4 is 9.46 Å². The smallest absolute Gasteiger partial charge is 0.264 e. The second kappa shape index (κ2) is 7.39. The van der Waals surface area contributed by atoms with Crippen molar-refractivity contribution >= 4 is 26.8 Å². The number of H-pyrrole nitrogens is 1. The van der Waals surface area contributed by atoms with Gasteiger partial charge in [0.2, 0.25) is 11.8 Å². The molecule has 0 radical (unpaired) electrons. The maximum Gasteiger partial charge on any atom is 0.264 e. The summed E-state index contributed by atoms with van der Waals surface area (Å²) in [6.45, 7) is 6.39. The van der Waals surface area contributed by atoms with Gasteiger partial charge in [-0.3, -0.25) is 9.89 Å².